The Morgan fingerprint density at radius 2 is 0.941 bits per heavy atom. The summed E-state index contributed by atoms with van der Waals surface area (Å²) in [5, 5.41) is 68.3. The number of aryl methyl sites for hydroxylation is 2. The van der Waals surface area contributed by atoms with Crippen LogP contribution in [0.1, 0.15) is 12.8 Å². The number of para-hydroxylation sites is 2. The molecule has 2 aromatic heterocycles. The van der Waals surface area contributed by atoms with Crippen molar-refractivity contribution in [2.75, 3.05) is 0 Å². The van der Waals surface area contributed by atoms with E-state index in [0.717, 1.165) is 24.3 Å². The zero-order valence-corrected chi connectivity index (χ0v) is 27.7. The Morgan fingerprint density at radius 1 is 0.588 bits per heavy atom. The molecular formula is C32H23CrN10O8. The predicted molar refractivity (Wildman–Crippen MR) is 175 cm³/mol. The molecule has 0 unspecified atom stereocenters. The van der Waals surface area contributed by atoms with Gasteiger partial charge in [-0.1, -0.05) is 61.7 Å². The van der Waals surface area contributed by atoms with Crippen LogP contribution in [-0.2, 0) is 17.4 Å². The van der Waals surface area contributed by atoms with Gasteiger partial charge in [0.2, 0.25) is 0 Å². The smallest absolute Gasteiger partial charge is 0.871 e. The third-order valence-corrected chi connectivity index (χ3v) is 6.80. The predicted octanol–water partition coefficient (Wildman–Crippen LogP) is 5.11. The summed E-state index contributed by atoms with van der Waals surface area (Å²) in [6.07, 6.45) is 0. The molecule has 0 spiro atoms. The van der Waals surface area contributed by atoms with Gasteiger partial charge in [0.05, 0.1) is 21.2 Å². The van der Waals surface area contributed by atoms with E-state index in [1.807, 2.05) is 12.1 Å². The number of nitro benzene ring substituents is 2. The maximum atomic E-state index is 12.4. The van der Waals surface area contributed by atoms with Crippen LogP contribution in [0.25, 0.3) is 11.4 Å². The Labute approximate surface area is 298 Å². The minimum absolute atomic E-state index is 0. The number of hydrogen-bond donors (Lipinski definition) is 0. The molecule has 0 atom stereocenters. The van der Waals surface area contributed by atoms with Crippen molar-refractivity contribution < 1.29 is 38.8 Å². The van der Waals surface area contributed by atoms with Crippen LogP contribution in [-0.4, -0.2) is 19.2 Å². The van der Waals surface area contributed by atoms with Crippen molar-refractivity contribution in [3.05, 3.63) is 149 Å². The molecule has 1 radical (unpaired) electrons. The summed E-state index contributed by atoms with van der Waals surface area (Å²) < 4.78 is 2.38. The number of aromatic nitrogens is 4. The van der Waals surface area contributed by atoms with E-state index in [1.165, 1.54) is 21.5 Å². The second-order valence-corrected chi connectivity index (χ2v) is 10.2. The number of nitro groups is 2. The minimum atomic E-state index is -0.674. The average molecular weight is 728 g/mol. The summed E-state index contributed by atoms with van der Waals surface area (Å²) in [5.41, 5.74) is 0.0661. The Bertz CT molecular complexity index is 2220. The van der Waals surface area contributed by atoms with Crippen LogP contribution in [0.2, 0.25) is 0 Å². The van der Waals surface area contributed by atoms with Crippen molar-refractivity contribution in [1.82, 2.24) is 19.6 Å². The van der Waals surface area contributed by atoms with Crippen LogP contribution in [0, 0.1) is 34.1 Å². The number of hydrogen-bond acceptors (Lipinski definition) is 12. The van der Waals surface area contributed by atoms with Gasteiger partial charge in [-0.25, -0.2) is 0 Å². The number of azo groups is 2. The Kier molecular flexibility index (Phi) is 11.5. The second kappa shape index (κ2) is 16.0. The van der Waals surface area contributed by atoms with E-state index in [-0.39, 0.29) is 52.9 Å². The van der Waals surface area contributed by atoms with Gasteiger partial charge in [-0.15, -0.1) is 21.6 Å². The number of benzene rings is 4. The standard InChI is InChI=1S/2C16H13N5O4.Cr/c2*1-10-15(16(23)20(19-10)11-5-3-2-4-6-11)18-17-13-8-7-12(21(24)25)9-14(13)22;/h2*2-9H,1H3,(H2,17,18,19,22,23);/q;;+3/p-3. The molecular weight excluding hydrogens is 704 g/mol. The van der Waals surface area contributed by atoms with Crippen molar-refractivity contribution >= 4 is 34.1 Å². The van der Waals surface area contributed by atoms with E-state index in [2.05, 4.69) is 30.7 Å². The molecule has 2 heterocycles. The van der Waals surface area contributed by atoms with E-state index in [4.69, 9.17) is 0 Å². The molecule has 0 N–H and O–H groups in total. The summed E-state index contributed by atoms with van der Waals surface area (Å²) in [5.74, 6) is -1.31. The maximum Gasteiger partial charge on any atom is 3.00 e. The third kappa shape index (κ3) is 8.37. The minimum Gasteiger partial charge on any atom is -0.871 e. The molecule has 0 aliphatic rings. The first-order chi connectivity index (χ1) is 23.9. The molecule has 6 aromatic rings. The zero-order valence-electron chi connectivity index (χ0n) is 27.4. The van der Waals surface area contributed by atoms with Crippen molar-refractivity contribution in [2.24, 2.45) is 20.5 Å². The average Bonchev–Trinajstić information content (AvgIpc) is 3.56. The molecule has 6 rings (SSSR count). The number of non-ortho nitro benzene ring substituents is 2. The van der Waals surface area contributed by atoms with E-state index >= 15 is 0 Å². The molecule has 0 fully saturated rings. The van der Waals surface area contributed by atoms with Crippen LogP contribution >= 0.6 is 0 Å². The van der Waals surface area contributed by atoms with Gasteiger partial charge in [-0.3, -0.25) is 29.8 Å². The fourth-order valence-electron chi connectivity index (χ4n) is 4.32. The van der Waals surface area contributed by atoms with Crippen LogP contribution in [0.4, 0.5) is 34.1 Å². The van der Waals surface area contributed by atoms with Gasteiger partial charge >= 0.3 is 18.8 Å². The molecule has 0 amide bonds. The molecule has 0 saturated heterocycles. The molecule has 255 valence electrons. The van der Waals surface area contributed by atoms with Gasteiger partial charge in [0.25, 0.3) is 22.5 Å². The molecule has 0 aliphatic carbocycles. The fraction of sp³-hybridized carbons (Fsp3) is 0.0625. The van der Waals surface area contributed by atoms with Crippen molar-refractivity contribution in [1.29, 1.82) is 0 Å². The molecule has 19 heteroatoms. The van der Waals surface area contributed by atoms with E-state index < -0.39 is 32.5 Å². The molecule has 0 aliphatic heterocycles. The van der Waals surface area contributed by atoms with Gasteiger partial charge in [-0.05, 0) is 36.4 Å². The first-order valence-corrected chi connectivity index (χ1v) is 14.3. The Balaban J connectivity index is 0.000000270. The largest absolute Gasteiger partial charge is 3.00 e. The SMILES string of the molecule is Cc1[n-]n(-c2ccccc2)c(=O)c1N=Nc1ccc([N+](=O)[O-])cc1[O-].Cc1[n-]n(-c2ccccc2)c(=O)c1N=Nc1ccc([N+](=O)[O-])cc1[O-].[Cr+3].[H+]. The van der Waals surface area contributed by atoms with Gasteiger partial charge in [0, 0.05) is 35.6 Å². The van der Waals surface area contributed by atoms with Crippen molar-refractivity contribution in [3.8, 4) is 22.9 Å². The number of rotatable bonds is 8. The molecule has 4 aromatic carbocycles. The fourth-order valence-corrected chi connectivity index (χ4v) is 4.32. The number of nitrogens with zero attached hydrogens (tertiary/aromatic N) is 10. The van der Waals surface area contributed by atoms with Gasteiger partial charge in [0.1, 0.15) is 11.4 Å². The first kappa shape index (κ1) is 36.9. The van der Waals surface area contributed by atoms with Crippen molar-refractivity contribution in [2.45, 2.75) is 13.8 Å². The van der Waals surface area contributed by atoms with Gasteiger partial charge in [-0.2, -0.15) is 10.2 Å². The Morgan fingerprint density at radius 3 is 1.25 bits per heavy atom. The van der Waals surface area contributed by atoms with Crippen molar-refractivity contribution in [3.63, 3.8) is 0 Å². The molecule has 51 heavy (non-hydrogen) atoms. The van der Waals surface area contributed by atoms with Gasteiger partial charge < -0.3 is 29.8 Å². The molecule has 18 nitrogen and oxygen atoms in total. The third-order valence-electron chi connectivity index (χ3n) is 6.80. The Hall–Kier alpha value is -6.97. The topological polar surface area (TPSA) is 254 Å². The zero-order chi connectivity index (χ0) is 35.9. The second-order valence-electron chi connectivity index (χ2n) is 10.2. The van der Waals surface area contributed by atoms with Crippen LogP contribution in [0.15, 0.2) is 127 Å². The van der Waals surface area contributed by atoms with E-state index in [9.17, 15) is 40.0 Å². The first-order valence-electron chi connectivity index (χ1n) is 14.3. The van der Waals surface area contributed by atoms with Crippen LogP contribution < -0.4 is 31.5 Å². The normalized spacial score (nSPS) is 10.9. The monoisotopic (exact) mass is 727 g/mol. The molecule has 0 bridgehead atoms. The van der Waals surface area contributed by atoms with Crippen LogP contribution in [0.3, 0.4) is 0 Å². The molecule has 0 saturated carbocycles. The van der Waals surface area contributed by atoms with E-state index in [1.54, 1.807) is 62.4 Å². The summed E-state index contributed by atoms with van der Waals surface area (Å²) >= 11 is 0. The van der Waals surface area contributed by atoms with Crippen LogP contribution in [0.5, 0.6) is 11.5 Å². The van der Waals surface area contributed by atoms with Gasteiger partial charge in [0.15, 0.2) is 0 Å². The quantitative estimate of drug-likeness (QED) is 0.114. The summed E-state index contributed by atoms with van der Waals surface area (Å²) in [4.78, 5) is 44.8. The summed E-state index contributed by atoms with van der Waals surface area (Å²) in [7, 11) is 0. The summed E-state index contributed by atoms with van der Waals surface area (Å²) in [6.45, 7) is 3.20. The maximum absolute atomic E-state index is 12.4. The summed E-state index contributed by atoms with van der Waals surface area (Å²) in [6, 6.07) is 24.0. The van der Waals surface area contributed by atoms with E-state index in [0.29, 0.717) is 22.8 Å².